The van der Waals surface area contributed by atoms with E-state index in [9.17, 15) is 12.8 Å². The van der Waals surface area contributed by atoms with Gasteiger partial charge in [-0.2, -0.15) is 5.10 Å². The van der Waals surface area contributed by atoms with Crippen molar-refractivity contribution >= 4 is 20.9 Å². The number of fused-ring (bicyclic) bond motifs is 2. The zero-order chi connectivity index (χ0) is 23.0. The Morgan fingerprint density at radius 1 is 1.06 bits per heavy atom. The number of aromatic nitrogens is 2. The van der Waals surface area contributed by atoms with E-state index in [1.807, 2.05) is 29.1 Å². The molecule has 1 saturated heterocycles. The van der Waals surface area contributed by atoms with Crippen LogP contribution < -0.4 is 0 Å². The van der Waals surface area contributed by atoms with Gasteiger partial charge in [0.15, 0.2) is 0 Å². The third-order valence-corrected chi connectivity index (χ3v) is 8.68. The van der Waals surface area contributed by atoms with Crippen molar-refractivity contribution in [2.75, 3.05) is 19.3 Å². The normalized spacial score (nSPS) is 24.8. The van der Waals surface area contributed by atoms with Gasteiger partial charge in [0.25, 0.3) is 0 Å². The van der Waals surface area contributed by atoms with Gasteiger partial charge in [0.2, 0.25) is 10.0 Å². The zero-order valence-electron chi connectivity index (χ0n) is 18.4. The van der Waals surface area contributed by atoms with Gasteiger partial charge in [-0.1, -0.05) is 30.3 Å². The first kappa shape index (κ1) is 20.6. The van der Waals surface area contributed by atoms with Crippen molar-refractivity contribution < 1.29 is 12.8 Å². The lowest BCUT2D eigenvalue weighted by Gasteiger charge is -2.24. The maximum Gasteiger partial charge on any atom is 0.211 e. The van der Waals surface area contributed by atoms with Crippen LogP contribution in [-0.4, -0.2) is 41.8 Å². The molecule has 4 aromatic rings. The molecule has 0 spiro atoms. The van der Waals surface area contributed by atoms with Crippen molar-refractivity contribution in [3.63, 3.8) is 0 Å². The van der Waals surface area contributed by atoms with E-state index in [0.29, 0.717) is 19.0 Å². The van der Waals surface area contributed by atoms with E-state index in [1.165, 1.54) is 29.5 Å². The molecule has 0 N–H and O–H groups in total. The Kier molecular flexibility index (Phi) is 4.35. The monoisotopic (exact) mass is 461 g/mol. The molecule has 1 aliphatic carbocycles. The quantitative estimate of drug-likeness (QED) is 0.453. The number of halogens is 1. The summed E-state index contributed by atoms with van der Waals surface area (Å²) in [5.41, 5.74) is 5.08. The van der Waals surface area contributed by atoms with Gasteiger partial charge in [0.05, 0.1) is 23.7 Å². The Hall–Kier alpha value is -3.03. The molecule has 1 aliphatic heterocycles. The van der Waals surface area contributed by atoms with E-state index in [-0.39, 0.29) is 17.2 Å². The maximum atomic E-state index is 13.4. The molecular weight excluding hydrogens is 437 g/mol. The van der Waals surface area contributed by atoms with Crippen LogP contribution in [0.25, 0.3) is 16.6 Å². The van der Waals surface area contributed by atoms with Crippen LogP contribution in [0.15, 0.2) is 72.9 Å². The minimum atomic E-state index is -3.26. The molecule has 3 atom stereocenters. The number of nitrogens with zero attached hydrogens (tertiary/aromatic N) is 3. The van der Waals surface area contributed by atoms with Crippen molar-refractivity contribution in [3.8, 4) is 5.69 Å². The summed E-state index contributed by atoms with van der Waals surface area (Å²) >= 11 is 0. The number of hydrogen-bond acceptors (Lipinski definition) is 3. The van der Waals surface area contributed by atoms with Crippen LogP contribution in [0.1, 0.15) is 22.6 Å². The lowest BCUT2D eigenvalue weighted by molar-refractivity contribution is 0.425. The van der Waals surface area contributed by atoms with Crippen molar-refractivity contribution in [2.45, 2.75) is 18.3 Å². The molecule has 3 unspecified atom stereocenters. The first-order valence-electron chi connectivity index (χ1n) is 11.0. The molecule has 7 heteroatoms. The summed E-state index contributed by atoms with van der Waals surface area (Å²) < 4.78 is 41.6. The highest BCUT2D eigenvalue weighted by Gasteiger charge is 2.71. The summed E-state index contributed by atoms with van der Waals surface area (Å²) in [5.74, 6) is 0.258. The van der Waals surface area contributed by atoms with Gasteiger partial charge in [-0.05, 0) is 65.9 Å². The number of hydrogen-bond donors (Lipinski definition) is 0. The fourth-order valence-corrected chi connectivity index (χ4v) is 6.82. The van der Waals surface area contributed by atoms with E-state index < -0.39 is 10.0 Å². The minimum absolute atomic E-state index is 0.235. The summed E-state index contributed by atoms with van der Waals surface area (Å²) in [6.45, 7) is 3.13. The van der Waals surface area contributed by atoms with Gasteiger partial charge in [0.1, 0.15) is 5.82 Å². The average Bonchev–Trinajstić information content (AvgIpc) is 3.07. The molecule has 0 radical (unpaired) electrons. The molecule has 0 amide bonds. The molecule has 1 saturated carbocycles. The van der Waals surface area contributed by atoms with E-state index in [2.05, 4.69) is 36.3 Å². The lowest BCUT2D eigenvalue weighted by Crippen LogP contribution is -2.33. The summed E-state index contributed by atoms with van der Waals surface area (Å²) in [6.07, 6.45) is 3.13. The first-order chi connectivity index (χ1) is 15.8. The molecule has 2 heterocycles. The topological polar surface area (TPSA) is 55.2 Å². The standard InChI is InChI=1S/C26H24FN3O2S/c1-17-12-24-19(14-28-30(24)21-10-8-20(27)9-11-21)13-22(17)26-16-29(33(2,31)32)15-23(26)25(26)18-6-4-3-5-7-18/h3-14,23,25H,15-16H2,1-2H3. The average molecular weight is 462 g/mol. The molecule has 3 aromatic carbocycles. The second-order valence-corrected chi connectivity index (χ2v) is 11.3. The van der Waals surface area contributed by atoms with Gasteiger partial charge in [-0.25, -0.2) is 21.8 Å². The molecule has 2 aliphatic rings. The smallest absolute Gasteiger partial charge is 0.211 e. The molecular formula is C26H24FN3O2S. The van der Waals surface area contributed by atoms with Crippen LogP contribution in [0.5, 0.6) is 0 Å². The molecule has 0 bridgehead atoms. The Balaban J connectivity index is 1.48. The van der Waals surface area contributed by atoms with Gasteiger partial charge in [-0.3, -0.25) is 0 Å². The van der Waals surface area contributed by atoms with E-state index in [4.69, 9.17) is 0 Å². The number of rotatable bonds is 4. The number of aryl methyl sites for hydroxylation is 1. The Bertz CT molecular complexity index is 1480. The number of sulfonamides is 1. The molecule has 33 heavy (non-hydrogen) atoms. The van der Waals surface area contributed by atoms with Crippen LogP contribution in [0, 0.1) is 18.7 Å². The van der Waals surface area contributed by atoms with Crippen molar-refractivity contribution in [1.29, 1.82) is 0 Å². The summed E-state index contributed by atoms with van der Waals surface area (Å²) in [7, 11) is -3.26. The third kappa shape index (κ3) is 3.06. The fraction of sp³-hybridized carbons (Fsp3) is 0.269. The highest BCUT2D eigenvalue weighted by Crippen LogP contribution is 2.70. The summed E-state index contributed by atoms with van der Waals surface area (Å²) in [4.78, 5) is 0. The molecule has 1 aromatic heterocycles. The van der Waals surface area contributed by atoms with Crippen molar-refractivity contribution in [1.82, 2.24) is 14.1 Å². The molecule has 168 valence electrons. The van der Waals surface area contributed by atoms with Crippen LogP contribution in [-0.2, 0) is 15.4 Å². The zero-order valence-corrected chi connectivity index (χ0v) is 19.3. The third-order valence-electron chi connectivity index (χ3n) is 7.46. The van der Waals surface area contributed by atoms with Crippen LogP contribution in [0.3, 0.4) is 0 Å². The highest BCUT2D eigenvalue weighted by atomic mass is 32.2. The number of benzene rings is 3. The Morgan fingerprint density at radius 2 is 1.79 bits per heavy atom. The van der Waals surface area contributed by atoms with Crippen LogP contribution in [0.4, 0.5) is 4.39 Å². The van der Waals surface area contributed by atoms with Gasteiger partial charge in [0, 0.05) is 29.8 Å². The molecule has 5 nitrogen and oxygen atoms in total. The second-order valence-electron chi connectivity index (χ2n) is 9.35. The van der Waals surface area contributed by atoms with E-state index >= 15 is 0 Å². The largest absolute Gasteiger partial charge is 0.233 e. The SMILES string of the molecule is Cc1cc2c(cnn2-c2ccc(F)cc2)cc1C12CN(S(C)(=O)=O)CC1C2c1ccccc1. The Labute approximate surface area is 192 Å². The second kappa shape index (κ2) is 6.98. The maximum absolute atomic E-state index is 13.4. The van der Waals surface area contributed by atoms with Gasteiger partial charge in [-0.15, -0.1) is 0 Å². The summed E-state index contributed by atoms with van der Waals surface area (Å²) in [5, 5.41) is 5.55. The fourth-order valence-electron chi connectivity index (χ4n) is 5.94. The van der Waals surface area contributed by atoms with Gasteiger partial charge < -0.3 is 0 Å². The van der Waals surface area contributed by atoms with Crippen molar-refractivity contribution in [2.24, 2.45) is 5.92 Å². The predicted octanol–water partition coefficient (Wildman–Crippen LogP) is 4.40. The minimum Gasteiger partial charge on any atom is -0.233 e. The van der Waals surface area contributed by atoms with E-state index in [1.54, 1.807) is 16.4 Å². The highest BCUT2D eigenvalue weighted by molar-refractivity contribution is 7.88. The number of piperidine rings is 1. The van der Waals surface area contributed by atoms with Crippen molar-refractivity contribution in [3.05, 3.63) is 95.4 Å². The Morgan fingerprint density at radius 3 is 2.48 bits per heavy atom. The lowest BCUT2D eigenvalue weighted by atomic mass is 9.87. The molecule has 2 fully saturated rings. The first-order valence-corrected chi connectivity index (χ1v) is 12.9. The van der Waals surface area contributed by atoms with E-state index in [0.717, 1.165) is 22.2 Å². The van der Waals surface area contributed by atoms with Crippen LogP contribution in [0.2, 0.25) is 0 Å². The molecule has 6 rings (SSSR count). The predicted molar refractivity (Wildman–Crippen MR) is 127 cm³/mol. The van der Waals surface area contributed by atoms with Gasteiger partial charge >= 0.3 is 0 Å². The van der Waals surface area contributed by atoms with Crippen LogP contribution >= 0.6 is 0 Å². The summed E-state index contributed by atoms with van der Waals surface area (Å²) in [6, 6.07) is 21.0.